The van der Waals surface area contributed by atoms with Crippen molar-refractivity contribution in [1.29, 1.82) is 0 Å². The second-order valence-electron chi connectivity index (χ2n) is 9.89. The maximum absolute atomic E-state index is 12.4. The third-order valence-electron chi connectivity index (χ3n) is 6.67. The number of pyridine rings is 1. The SMILES string of the molecule is O=C(O)CN1CCN(CC(=O)O)CCN(Cc2ccc(C(=O)OCc3ccccc3)cn2)CCN(CC(=O)O)CC1. The van der Waals surface area contributed by atoms with E-state index >= 15 is 0 Å². The van der Waals surface area contributed by atoms with Gasteiger partial charge in [-0.15, -0.1) is 0 Å². The lowest BCUT2D eigenvalue weighted by Gasteiger charge is -2.33. The summed E-state index contributed by atoms with van der Waals surface area (Å²) in [6.07, 6.45) is 1.46. The number of carboxylic acid groups (broad SMARTS) is 3. The lowest BCUT2D eigenvalue weighted by Crippen LogP contribution is -2.48. The summed E-state index contributed by atoms with van der Waals surface area (Å²) in [6.45, 7) is 3.15. The monoisotopic (exact) mass is 571 g/mol. The average molecular weight is 572 g/mol. The number of hydrogen-bond donors (Lipinski definition) is 3. The van der Waals surface area contributed by atoms with Crippen LogP contribution in [0.25, 0.3) is 0 Å². The fraction of sp³-hybridized carbons (Fsp3) is 0.464. The van der Waals surface area contributed by atoms with Crippen LogP contribution >= 0.6 is 0 Å². The molecule has 3 rings (SSSR count). The summed E-state index contributed by atoms with van der Waals surface area (Å²) in [5.41, 5.74) is 1.90. The molecule has 1 fully saturated rings. The Morgan fingerprint density at radius 1 is 0.659 bits per heavy atom. The predicted molar refractivity (Wildman–Crippen MR) is 147 cm³/mol. The second-order valence-corrected chi connectivity index (χ2v) is 9.89. The van der Waals surface area contributed by atoms with Crippen LogP contribution in [0.3, 0.4) is 0 Å². The minimum atomic E-state index is -0.999. The van der Waals surface area contributed by atoms with Gasteiger partial charge in [-0.25, -0.2) is 4.79 Å². The van der Waals surface area contributed by atoms with Crippen molar-refractivity contribution >= 4 is 23.9 Å². The van der Waals surface area contributed by atoms with Gasteiger partial charge < -0.3 is 20.1 Å². The van der Waals surface area contributed by atoms with Crippen LogP contribution in [0, 0.1) is 0 Å². The molecule has 1 aromatic carbocycles. The third kappa shape index (κ3) is 12.0. The van der Waals surface area contributed by atoms with Crippen LogP contribution in [0.2, 0.25) is 0 Å². The first-order valence-electron chi connectivity index (χ1n) is 13.4. The van der Waals surface area contributed by atoms with Crippen LogP contribution in [0.5, 0.6) is 0 Å². The van der Waals surface area contributed by atoms with Crippen molar-refractivity contribution in [2.24, 2.45) is 0 Å². The normalized spacial score (nSPS) is 16.8. The summed E-state index contributed by atoms with van der Waals surface area (Å²) in [4.78, 5) is 58.4. The molecular formula is C28H37N5O8. The van der Waals surface area contributed by atoms with Crippen LogP contribution < -0.4 is 0 Å². The van der Waals surface area contributed by atoms with Gasteiger partial charge in [0.05, 0.1) is 30.9 Å². The molecule has 1 saturated heterocycles. The molecule has 0 amide bonds. The zero-order valence-electron chi connectivity index (χ0n) is 22.9. The van der Waals surface area contributed by atoms with E-state index in [0.717, 1.165) is 5.56 Å². The Bertz CT molecular complexity index is 1120. The van der Waals surface area contributed by atoms with Gasteiger partial charge in [0.1, 0.15) is 6.61 Å². The summed E-state index contributed by atoms with van der Waals surface area (Å²) in [5.74, 6) is -3.43. The van der Waals surface area contributed by atoms with E-state index in [4.69, 9.17) is 4.74 Å². The number of carboxylic acids is 3. The molecule has 0 aliphatic carbocycles. The van der Waals surface area contributed by atoms with E-state index in [-0.39, 0.29) is 26.2 Å². The first kappa shape index (κ1) is 31.6. The smallest absolute Gasteiger partial charge is 0.340 e. The van der Waals surface area contributed by atoms with Gasteiger partial charge in [-0.3, -0.25) is 39.0 Å². The number of benzene rings is 1. The molecule has 222 valence electrons. The van der Waals surface area contributed by atoms with E-state index in [1.807, 2.05) is 30.3 Å². The van der Waals surface area contributed by atoms with Crippen molar-refractivity contribution in [1.82, 2.24) is 24.6 Å². The largest absolute Gasteiger partial charge is 0.480 e. The molecule has 41 heavy (non-hydrogen) atoms. The van der Waals surface area contributed by atoms with Gasteiger partial charge in [-0.1, -0.05) is 30.3 Å². The van der Waals surface area contributed by atoms with Crippen molar-refractivity contribution in [2.75, 3.05) is 72.0 Å². The van der Waals surface area contributed by atoms with Crippen LogP contribution in [0.1, 0.15) is 21.6 Å². The summed E-state index contributed by atoms with van der Waals surface area (Å²) >= 11 is 0. The van der Waals surface area contributed by atoms with Gasteiger partial charge in [0.2, 0.25) is 0 Å². The molecule has 0 atom stereocenters. The fourth-order valence-corrected chi connectivity index (χ4v) is 4.46. The minimum Gasteiger partial charge on any atom is -0.480 e. The molecule has 0 bridgehead atoms. The maximum Gasteiger partial charge on any atom is 0.340 e. The quantitative estimate of drug-likeness (QED) is 0.318. The van der Waals surface area contributed by atoms with Crippen molar-refractivity contribution < 1.29 is 39.2 Å². The maximum atomic E-state index is 12.4. The second kappa shape index (κ2) is 16.4. The standard InChI is InChI=1S/C28H37N5O8/c34-25(35)18-31-10-8-30(9-11-32(19-26(36)37)13-15-33(14-12-31)20-27(38)39)17-24-7-6-23(16-29-24)28(40)41-21-22-4-2-1-3-5-22/h1-7,16H,8-15,17-21H2,(H,34,35)(H,36,37)(H,38,39). The molecule has 0 unspecified atom stereocenters. The number of ether oxygens (including phenoxy) is 1. The van der Waals surface area contributed by atoms with Crippen molar-refractivity contribution in [3.63, 3.8) is 0 Å². The van der Waals surface area contributed by atoms with E-state index < -0.39 is 23.9 Å². The number of aromatic nitrogens is 1. The Balaban J connectivity index is 1.67. The fourth-order valence-electron chi connectivity index (χ4n) is 4.46. The molecule has 13 nitrogen and oxygen atoms in total. The molecule has 0 saturated carbocycles. The van der Waals surface area contributed by atoms with Gasteiger partial charge in [0.15, 0.2) is 0 Å². The number of nitrogens with zero attached hydrogens (tertiary/aromatic N) is 5. The van der Waals surface area contributed by atoms with Gasteiger partial charge in [0.25, 0.3) is 0 Å². The molecule has 3 N–H and O–H groups in total. The first-order valence-corrected chi connectivity index (χ1v) is 13.4. The zero-order valence-corrected chi connectivity index (χ0v) is 22.9. The number of carbonyl (C=O) groups is 4. The summed E-state index contributed by atoms with van der Waals surface area (Å²) in [5, 5.41) is 28.1. The number of rotatable bonds is 11. The molecule has 2 heterocycles. The van der Waals surface area contributed by atoms with E-state index in [1.165, 1.54) is 6.20 Å². The van der Waals surface area contributed by atoms with Crippen LogP contribution in [0.4, 0.5) is 0 Å². The summed E-state index contributed by atoms with van der Waals surface area (Å²) < 4.78 is 5.37. The van der Waals surface area contributed by atoms with Crippen LogP contribution in [-0.4, -0.2) is 136 Å². The Labute approximate surface area is 238 Å². The molecule has 13 heteroatoms. The molecule has 0 radical (unpaired) electrons. The van der Waals surface area contributed by atoms with Crippen molar-refractivity contribution in [3.05, 3.63) is 65.5 Å². The highest BCUT2D eigenvalue weighted by Crippen LogP contribution is 2.09. The lowest BCUT2D eigenvalue weighted by molar-refractivity contribution is -0.140. The molecule has 1 aromatic heterocycles. The van der Waals surface area contributed by atoms with Gasteiger partial charge in [-0.2, -0.15) is 0 Å². The molecular weight excluding hydrogens is 534 g/mol. The van der Waals surface area contributed by atoms with Crippen LogP contribution in [0.15, 0.2) is 48.7 Å². The number of aliphatic carboxylic acids is 3. The minimum absolute atomic E-state index is 0.156. The van der Waals surface area contributed by atoms with Gasteiger partial charge >= 0.3 is 23.9 Å². The van der Waals surface area contributed by atoms with Crippen molar-refractivity contribution in [2.45, 2.75) is 13.2 Å². The van der Waals surface area contributed by atoms with E-state index in [2.05, 4.69) is 9.88 Å². The average Bonchev–Trinajstić information content (AvgIpc) is 2.93. The highest BCUT2D eigenvalue weighted by molar-refractivity contribution is 5.88. The van der Waals surface area contributed by atoms with Crippen molar-refractivity contribution in [3.8, 4) is 0 Å². The number of esters is 1. The van der Waals surface area contributed by atoms with E-state index in [9.17, 15) is 34.5 Å². The van der Waals surface area contributed by atoms with Crippen LogP contribution in [-0.2, 0) is 32.3 Å². The Kier molecular flexibility index (Phi) is 12.6. The highest BCUT2D eigenvalue weighted by Gasteiger charge is 2.20. The molecule has 0 spiro atoms. The highest BCUT2D eigenvalue weighted by atomic mass is 16.5. The Hall–Kier alpha value is -3.91. The summed E-state index contributed by atoms with van der Waals surface area (Å²) in [6, 6.07) is 12.7. The van der Waals surface area contributed by atoms with Gasteiger partial charge in [0, 0.05) is 65.1 Å². The topological polar surface area (TPSA) is 164 Å². The molecule has 1 aliphatic heterocycles. The Morgan fingerprint density at radius 2 is 1.12 bits per heavy atom. The first-order chi connectivity index (χ1) is 19.7. The van der Waals surface area contributed by atoms with E-state index in [1.54, 1.807) is 26.8 Å². The Morgan fingerprint density at radius 3 is 1.54 bits per heavy atom. The predicted octanol–water partition coefficient (Wildman–Crippen LogP) is 0.414. The number of carbonyl (C=O) groups excluding carboxylic acids is 1. The van der Waals surface area contributed by atoms with Gasteiger partial charge in [-0.05, 0) is 17.7 Å². The zero-order chi connectivity index (χ0) is 29.6. The number of hydrogen-bond acceptors (Lipinski definition) is 10. The molecule has 2 aromatic rings. The molecule has 1 aliphatic rings. The van der Waals surface area contributed by atoms with E-state index in [0.29, 0.717) is 70.2 Å². The lowest BCUT2D eigenvalue weighted by atomic mass is 10.2. The summed E-state index contributed by atoms with van der Waals surface area (Å²) in [7, 11) is 0. The third-order valence-corrected chi connectivity index (χ3v) is 6.67.